The molecular formula is C23H29N5O2. The number of methoxy groups -OCH3 is 2. The van der Waals surface area contributed by atoms with Gasteiger partial charge in [0.25, 0.3) is 0 Å². The number of tetrazole rings is 1. The molecule has 1 aliphatic heterocycles. The van der Waals surface area contributed by atoms with Crippen molar-refractivity contribution in [2.45, 2.75) is 32.2 Å². The summed E-state index contributed by atoms with van der Waals surface area (Å²) in [5.41, 5.74) is 2.27. The van der Waals surface area contributed by atoms with Crippen molar-refractivity contribution in [3.8, 4) is 17.2 Å². The molecular weight excluding hydrogens is 378 g/mol. The van der Waals surface area contributed by atoms with E-state index in [9.17, 15) is 0 Å². The van der Waals surface area contributed by atoms with Gasteiger partial charge in [-0.25, -0.2) is 0 Å². The minimum Gasteiger partial charge on any atom is -0.497 e. The summed E-state index contributed by atoms with van der Waals surface area (Å²) in [6, 6.07) is 16.2. The van der Waals surface area contributed by atoms with Crippen LogP contribution in [0.15, 0.2) is 48.5 Å². The molecule has 1 saturated heterocycles. The molecule has 30 heavy (non-hydrogen) atoms. The lowest BCUT2D eigenvalue weighted by molar-refractivity contribution is 0.168. The predicted molar refractivity (Wildman–Crippen MR) is 115 cm³/mol. The fraction of sp³-hybridized carbons (Fsp3) is 0.435. The van der Waals surface area contributed by atoms with Crippen LogP contribution in [0, 0.1) is 5.92 Å². The summed E-state index contributed by atoms with van der Waals surface area (Å²) >= 11 is 0. The first kappa shape index (κ1) is 20.3. The van der Waals surface area contributed by atoms with Gasteiger partial charge in [-0.1, -0.05) is 18.2 Å². The van der Waals surface area contributed by atoms with Crippen LogP contribution in [-0.2, 0) is 13.0 Å². The summed E-state index contributed by atoms with van der Waals surface area (Å²) in [5.74, 6) is 3.34. The summed E-state index contributed by atoms with van der Waals surface area (Å²) in [6.07, 6.45) is 4.64. The van der Waals surface area contributed by atoms with Crippen LogP contribution in [0.25, 0.3) is 5.69 Å². The molecule has 2 aromatic carbocycles. The van der Waals surface area contributed by atoms with Gasteiger partial charge in [-0.05, 0) is 84.9 Å². The molecule has 0 bridgehead atoms. The first-order valence-corrected chi connectivity index (χ1v) is 10.5. The minimum absolute atomic E-state index is 0.739. The zero-order valence-corrected chi connectivity index (χ0v) is 17.7. The van der Waals surface area contributed by atoms with E-state index in [4.69, 9.17) is 9.47 Å². The average molecular weight is 408 g/mol. The molecule has 0 aliphatic carbocycles. The lowest BCUT2D eigenvalue weighted by Crippen LogP contribution is -2.34. The Morgan fingerprint density at radius 1 is 0.967 bits per heavy atom. The van der Waals surface area contributed by atoms with Crippen molar-refractivity contribution in [2.75, 3.05) is 27.3 Å². The van der Waals surface area contributed by atoms with Crippen molar-refractivity contribution in [3.05, 3.63) is 59.9 Å². The number of hydrogen-bond donors (Lipinski definition) is 0. The topological polar surface area (TPSA) is 65.3 Å². The molecule has 0 N–H and O–H groups in total. The van der Waals surface area contributed by atoms with Crippen LogP contribution in [0.1, 0.15) is 30.7 Å². The molecule has 0 unspecified atom stereocenters. The largest absolute Gasteiger partial charge is 0.497 e. The van der Waals surface area contributed by atoms with Crippen molar-refractivity contribution in [1.29, 1.82) is 0 Å². The van der Waals surface area contributed by atoms with Gasteiger partial charge in [-0.2, -0.15) is 4.68 Å². The third-order valence-corrected chi connectivity index (χ3v) is 5.86. The second-order valence-electron chi connectivity index (χ2n) is 7.82. The minimum atomic E-state index is 0.739. The second-order valence-corrected chi connectivity index (χ2v) is 7.82. The van der Waals surface area contributed by atoms with E-state index in [1.165, 1.54) is 24.8 Å². The molecule has 0 saturated carbocycles. The number of rotatable bonds is 8. The van der Waals surface area contributed by atoms with Crippen LogP contribution in [0.4, 0.5) is 0 Å². The van der Waals surface area contributed by atoms with Gasteiger partial charge in [0.15, 0.2) is 5.82 Å². The van der Waals surface area contributed by atoms with E-state index in [1.807, 2.05) is 41.1 Å². The van der Waals surface area contributed by atoms with Crippen molar-refractivity contribution in [2.24, 2.45) is 5.92 Å². The van der Waals surface area contributed by atoms with Crippen LogP contribution in [0.3, 0.4) is 0 Å². The molecule has 7 heteroatoms. The lowest BCUT2D eigenvalue weighted by atomic mass is 9.90. The second kappa shape index (κ2) is 9.71. The van der Waals surface area contributed by atoms with Gasteiger partial charge in [-0.3, -0.25) is 4.90 Å². The SMILES string of the molecule is COc1cc(CCC2CCN(Cc3nnnn3-c3ccccc3)CC2)cc(OC)c1. The Balaban J connectivity index is 1.29. The molecule has 3 aromatic rings. The number of benzene rings is 2. The van der Waals surface area contributed by atoms with E-state index in [2.05, 4.69) is 32.6 Å². The highest BCUT2D eigenvalue weighted by atomic mass is 16.5. The van der Waals surface area contributed by atoms with E-state index in [0.717, 1.165) is 55.0 Å². The Hall–Kier alpha value is -2.93. The third-order valence-electron chi connectivity index (χ3n) is 5.86. The van der Waals surface area contributed by atoms with Gasteiger partial charge in [0, 0.05) is 6.07 Å². The molecule has 1 aliphatic rings. The fourth-order valence-electron chi connectivity index (χ4n) is 4.09. The smallest absolute Gasteiger partial charge is 0.170 e. The maximum absolute atomic E-state index is 5.39. The van der Waals surface area contributed by atoms with Crippen LogP contribution in [-0.4, -0.2) is 52.4 Å². The summed E-state index contributed by atoms with van der Waals surface area (Å²) in [7, 11) is 3.39. The standard InChI is InChI=1S/C23H29N5O2/c1-29-21-14-19(15-22(16-21)30-2)9-8-18-10-12-27(13-11-18)17-23-24-25-26-28(23)20-6-4-3-5-7-20/h3-7,14-16,18H,8-13,17H2,1-2H3. The Morgan fingerprint density at radius 2 is 1.67 bits per heavy atom. The first-order valence-electron chi connectivity index (χ1n) is 10.5. The Labute approximate surface area is 177 Å². The summed E-state index contributed by atoms with van der Waals surface area (Å²) in [5, 5.41) is 12.3. The van der Waals surface area contributed by atoms with Crippen LogP contribution in [0.2, 0.25) is 0 Å². The van der Waals surface area contributed by atoms with E-state index in [0.29, 0.717) is 0 Å². The normalized spacial score (nSPS) is 15.3. The highest BCUT2D eigenvalue weighted by Gasteiger charge is 2.21. The lowest BCUT2D eigenvalue weighted by Gasteiger charge is -2.31. The van der Waals surface area contributed by atoms with Crippen molar-refractivity contribution >= 4 is 0 Å². The number of piperidine rings is 1. The molecule has 0 radical (unpaired) electrons. The summed E-state index contributed by atoms with van der Waals surface area (Å²) in [4.78, 5) is 2.45. The molecule has 0 atom stereocenters. The van der Waals surface area contributed by atoms with Gasteiger partial charge in [0.2, 0.25) is 0 Å². The zero-order chi connectivity index (χ0) is 20.8. The molecule has 1 aromatic heterocycles. The van der Waals surface area contributed by atoms with Gasteiger partial charge in [-0.15, -0.1) is 5.10 Å². The number of nitrogens with zero attached hydrogens (tertiary/aromatic N) is 5. The number of aromatic nitrogens is 4. The van der Waals surface area contributed by atoms with E-state index in [-0.39, 0.29) is 0 Å². The molecule has 7 nitrogen and oxygen atoms in total. The summed E-state index contributed by atoms with van der Waals surface area (Å²) in [6.45, 7) is 2.93. The number of aryl methyl sites for hydroxylation is 1. The average Bonchev–Trinajstić information content (AvgIpc) is 3.27. The third kappa shape index (κ3) is 4.97. The van der Waals surface area contributed by atoms with Gasteiger partial charge >= 0.3 is 0 Å². The van der Waals surface area contributed by atoms with Gasteiger partial charge in [0.05, 0.1) is 26.5 Å². The quantitative estimate of drug-likeness (QED) is 0.569. The molecule has 2 heterocycles. The Kier molecular flexibility index (Phi) is 6.59. The maximum atomic E-state index is 5.39. The molecule has 0 spiro atoms. The maximum Gasteiger partial charge on any atom is 0.170 e. The Morgan fingerprint density at radius 3 is 2.33 bits per heavy atom. The van der Waals surface area contributed by atoms with Crippen LogP contribution in [0.5, 0.6) is 11.5 Å². The van der Waals surface area contributed by atoms with Crippen molar-refractivity contribution in [3.63, 3.8) is 0 Å². The predicted octanol–water partition coefficient (Wildman–Crippen LogP) is 3.52. The molecule has 1 fully saturated rings. The van der Waals surface area contributed by atoms with Gasteiger partial charge in [0.1, 0.15) is 11.5 Å². The number of ether oxygens (including phenoxy) is 2. The van der Waals surface area contributed by atoms with E-state index in [1.54, 1.807) is 14.2 Å². The highest BCUT2D eigenvalue weighted by molar-refractivity contribution is 5.38. The number of hydrogen-bond acceptors (Lipinski definition) is 6. The fourth-order valence-corrected chi connectivity index (χ4v) is 4.09. The van der Waals surface area contributed by atoms with Crippen LogP contribution >= 0.6 is 0 Å². The van der Waals surface area contributed by atoms with Gasteiger partial charge < -0.3 is 9.47 Å². The van der Waals surface area contributed by atoms with E-state index >= 15 is 0 Å². The first-order chi connectivity index (χ1) is 14.7. The summed E-state index contributed by atoms with van der Waals surface area (Å²) < 4.78 is 12.6. The zero-order valence-electron chi connectivity index (χ0n) is 17.7. The van der Waals surface area contributed by atoms with Crippen molar-refractivity contribution < 1.29 is 9.47 Å². The number of likely N-dealkylation sites (tertiary alicyclic amines) is 1. The van der Waals surface area contributed by atoms with Crippen LogP contribution < -0.4 is 9.47 Å². The number of para-hydroxylation sites is 1. The highest BCUT2D eigenvalue weighted by Crippen LogP contribution is 2.27. The monoisotopic (exact) mass is 407 g/mol. The van der Waals surface area contributed by atoms with Crippen molar-refractivity contribution in [1.82, 2.24) is 25.1 Å². The molecule has 4 rings (SSSR count). The van der Waals surface area contributed by atoms with E-state index < -0.39 is 0 Å². The molecule has 0 amide bonds. The Bertz CT molecular complexity index is 914. The molecule has 158 valence electrons.